The number of sulfonamides is 1. The number of carbonyl (C=O) groups is 2. The third-order valence-corrected chi connectivity index (χ3v) is 3.35. The highest BCUT2D eigenvalue weighted by Gasteiger charge is 2.17. The first kappa shape index (κ1) is 16.1. The molecule has 110 valence electrons. The van der Waals surface area contributed by atoms with Crippen molar-refractivity contribution >= 4 is 27.6 Å². The molecule has 0 aromatic heterocycles. The summed E-state index contributed by atoms with van der Waals surface area (Å²) < 4.78 is 27.0. The molecule has 1 aromatic rings. The van der Waals surface area contributed by atoms with E-state index in [1.54, 1.807) is 6.92 Å². The number of benzene rings is 1. The maximum absolute atomic E-state index is 11.7. The molecule has 1 aromatic carbocycles. The van der Waals surface area contributed by atoms with E-state index in [4.69, 9.17) is 9.88 Å². The van der Waals surface area contributed by atoms with E-state index >= 15 is 0 Å². The van der Waals surface area contributed by atoms with Crippen LogP contribution in [0.5, 0.6) is 0 Å². The van der Waals surface area contributed by atoms with Crippen LogP contribution in [-0.2, 0) is 24.3 Å². The van der Waals surface area contributed by atoms with Crippen LogP contribution in [0.1, 0.15) is 20.3 Å². The van der Waals surface area contributed by atoms with Crippen LogP contribution in [0.2, 0.25) is 0 Å². The van der Waals surface area contributed by atoms with E-state index in [-0.39, 0.29) is 11.3 Å². The number of rotatable bonds is 5. The SMILES string of the molecule is CCC(=O)OC(C)C(=O)Nc1ccc(S(N)(=O)=O)cc1. The lowest BCUT2D eigenvalue weighted by atomic mass is 10.3. The average molecular weight is 300 g/mol. The minimum absolute atomic E-state index is 0.0547. The molecule has 0 saturated heterocycles. The van der Waals surface area contributed by atoms with Crippen LogP contribution in [0.25, 0.3) is 0 Å². The number of esters is 1. The van der Waals surface area contributed by atoms with Crippen molar-refractivity contribution in [2.45, 2.75) is 31.3 Å². The molecule has 0 aliphatic rings. The summed E-state index contributed by atoms with van der Waals surface area (Å²) in [6, 6.07) is 5.33. The van der Waals surface area contributed by atoms with Crippen LogP contribution < -0.4 is 10.5 Å². The van der Waals surface area contributed by atoms with E-state index in [9.17, 15) is 18.0 Å². The summed E-state index contributed by atoms with van der Waals surface area (Å²) >= 11 is 0. The van der Waals surface area contributed by atoms with Gasteiger partial charge in [-0.1, -0.05) is 6.92 Å². The Morgan fingerprint density at radius 1 is 1.30 bits per heavy atom. The van der Waals surface area contributed by atoms with Crippen LogP contribution in [0, 0.1) is 0 Å². The van der Waals surface area contributed by atoms with E-state index in [1.165, 1.54) is 31.2 Å². The smallest absolute Gasteiger partial charge is 0.306 e. The number of hydrogen-bond acceptors (Lipinski definition) is 5. The van der Waals surface area contributed by atoms with Gasteiger partial charge in [-0.25, -0.2) is 13.6 Å². The zero-order valence-corrected chi connectivity index (χ0v) is 11.9. The van der Waals surface area contributed by atoms with Crippen LogP contribution in [0.3, 0.4) is 0 Å². The van der Waals surface area contributed by atoms with E-state index in [0.29, 0.717) is 5.69 Å². The average Bonchev–Trinajstić information content (AvgIpc) is 2.38. The van der Waals surface area contributed by atoms with Gasteiger partial charge in [-0.2, -0.15) is 0 Å². The Bertz CT molecular complexity index is 595. The maximum Gasteiger partial charge on any atom is 0.306 e. The molecule has 0 heterocycles. The monoisotopic (exact) mass is 300 g/mol. The van der Waals surface area contributed by atoms with Gasteiger partial charge in [-0.3, -0.25) is 9.59 Å². The molecule has 1 amide bonds. The first-order valence-corrected chi connectivity index (χ1v) is 7.42. The summed E-state index contributed by atoms with van der Waals surface area (Å²) in [5.74, 6) is -0.979. The zero-order valence-electron chi connectivity index (χ0n) is 11.1. The number of primary sulfonamides is 1. The second kappa shape index (κ2) is 6.49. The molecule has 0 bridgehead atoms. The van der Waals surface area contributed by atoms with E-state index in [2.05, 4.69) is 5.32 Å². The first-order chi connectivity index (χ1) is 9.24. The molecule has 8 heteroatoms. The van der Waals surface area contributed by atoms with Crippen LogP contribution in [0.15, 0.2) is 29.2 Å². The van der Waals surface area contributed by atoms with E-state index in [1.807, 2.05) is 0 Å². The quantitative estimate of drug-likeness (QED) is 0.773. The molecule has 0 spiro atoms. The van der Waals surface area contributed by atoms with Gasteiger partial charge in [-0.15, -0.1) is 0 Å². The van der Waals surface area contributed by atoms with Crippen molar-refractivity contribution in [3.8, 4) is 0 Å². The Balaban J connectivity index is 2.69. The normalized spacial score (nSPS) is 12.6. The Labute approximate surface area is 117 Å². The molecule has 1 unspecified atom stereocenters. The van der Waals surface area contributed by atoms with Gasteiger partial charge in [0.15, 0.2) is 6.10 Å². The fraction of sp³-hybridized carbons (Fsp3) is 0.333. The molecule has 1 atom stereocenters. The maximum atomic E-state index is 11.7. The molecule has 0 aliphatic heterocycles. The predicted molar refractivity (Wildman–Crippen MR) is 72.3 cm³/mol. The van der Waals surface area contributed by atoms with Crippen molar-refractivity contribution in [1.29, 1.82) is 0 Å². The molecule has 0 saturated carbocycles. The number of nitrogens with one attached hydrogen (secondary N) is 1. The second-order valence-electron chi connectivity index (χ2n) is 4.04. The van der Waals surface area contributed by atoms with Crippen molar-refractivity contribution < 1.29 is 22.7 Å². The highest BCUT2D eigenvalue weighted by Crippen LogP contribution is 2.13. The van der Waals surface area contributed by atoms with Gasteiger partial charge in [0.05, 0.1) is 4.90 Å². The fourth-order valence-corrected chi connectivity index (χ4v) is 1.82. The highest BCUT2D eigenvalue weighted by molar-refractivity contribution is 7.89. The third kappa shape index (κ3) is 4.63. The lowest BCUT2D eigenvalue weighted by molar-refractivity contribution is -0.152. The molecule has 0 aliphatic carbocycles. The van der Waals surface area contributed by atoms with E-state index < -0.39 is 28.0 Å². The fourth-order valence-electron chi connectivity index (χ4n) is 1.31. The molecule has 0 radical (unpaired) electrons. The summed E-state index contributed by atoms with van der Waals surface area (Å²) in [5, 5.41) is 7.45. The Hall–Kier alpha value is -1.93. The summed E-state index contributed by atoms with van der Waals surface area (Å²) in [6.07, 6.45) is -0.749. The number of amides is 1. The van der Waals surface area contributed by atoms with Gasteiger partial charge in [0.1, 0.15) is 0 Å². The minimum Gasteiger partial charge on any atom is -0.453 e. The van der Waals surface area contributed by atoms with Gasteiger partial charge >= 0.3 is 5.97 Å². The molecule has 0 fully saturated rings. The standard InChI is InChI=1S/C12H16N2O5S/c1-3-11(15)19-8(2)12(16)14-9-4-6-10(7-5-9)20(13,17)18/h4-8H,3H2,1-2H3,(H,14,16)(H2,13,17,18). The van der Waals surface area contributed by atoms with Crippen molar-refractivity contribution in [1.82, 2.24) is 0 Å². The largest absolute Gasteiger partial charge is 0.453 e. The van der Waals surface area contributed by atoms with Gasteiger partial charge in [0.25, 0.3) is 5.91 Å². The minimum atomic E-state index is -3.77. The van der Waals surface area contributed by atoms with Crippen LogP contribution in [-0.4, -0.2) is 26.4 Å². The zero-order chi connectivity index (χ0) is 15.3. The van der Waals surface area contributed by atoms with Gasteiger partial charge < -0.3 is 10.1 Å². The van der Waals surface area contributed by atoms with Crippen molar-refractivity contribution in [2.75, 3.05) is 5.32 Å². The summed E-state index contributed by atoms with van der Waals surface area (Å²) in [6.45, 7) is 3.07. The molecular weight excluding hydrogens is 284 g/mol. The lowest BCUT2D eigenvalue weighted by Crippen LogP contribution is -2.29. The Kier molecular flexibility index (Phi) is 5.23. The van der Waals surface area contributed by atoms with Crippen molar-refractivity contribution in [2.24, 2.45) is 5.14 Å². The molecular formula is C12H16N2O5S. The third-order valence-electron chi connectivity index (χ3n) is 2.42. The highest BCUT2D eigenvalue weighted by atomic mass is 32.2. The van der Waals surface area contributed by atoms with Gasteiger partial charge in [0, 0.05) is 12.1 Å². The van der Waals surface area contributed by atoms with Gasteiger partial charge in [-0.05, 0) is 31.2 Å². The number of carbonyl (C=O) groups excluding carboxylic acids is 2. The molecule has 3 N–H and O–H groups in total. The topological polar surface area (TPSA) is 116 Å². The number of nitrogens with two attached hydrogens (primary N) is 1. The number of hydrogen-bond donors (Lipinski definition) is 2. The molecule has 1 rings (SSSR count). The second-order valence-corrected chi connectivity index (χ2v) is 5.61. The lowest BCUT2D eigenvalue weighted by Gasteiger charge is -2.13. The summed E-state index contributed by atoms with van der Waals surface area (Å²) in [5.41, 5.74) is 0.377. The summed E-state index contributed by atoms with van der Waals surface area (Å²) in [4.78, 5) is 22.7. The first-order valence-electron chi connectivity index (χ1n) is 5.87. The van der Waals surface area contributed by atoms with E-state index in [0.717, 1.165) is 0 Å². The summed E-state index contributed by atoms with van der Waals surface area (Å²) in [7, 11) is -3.77. The predicted octanol–water partition coefficient (Wildman–Crippen LogP) is 0.614. The molecule has 7 nitrogen and oxygen atoms in total. The van der Waals surface area contributed by atoms with Crippen molar-refractivity contribution in [3.63, 3.8) is 0 Å². The Morgan fingerprint density at radius 2 is 1.85 bits per heavy atom. The Morgan fingerprint density at radius 3 is 2.30 bits per heavy atom. The number of anilines is 1. The molecule has 20 heavy (non-hydrogen) atoms. The van der Waals surface area contributed by atoms with Gasteiger partial charge in [0.2, 0.25) is 10.0 Å². The van der Waals surface area contributed by atoms with Crippen LogP contribution >= 0.6 is 0 Å². The van der Waals surface area contributed by atoms with Crippen molar-refractivity contribution in [3.05, 3.63) is 24.3 Å². The number of ether oxygens (including phenoxy) is 1. The van der Waals surface area contributed by atoms with Crippen LogP contribution in [0.4, 0.5) is 5.69 Å².